The lowest BCUT2D eigenvalue weighted by atomic mass is 10.1. The van der Waals surface area contributed by atoms with Gasteiger partial charge in [0.2, 0.25) is 0 Å². The predicted octanol–water partition coefficient (Wildman–Crippen LogP) is 3.55. The van der Waals surface area contributed by atoms with Crippen LogP contribution in [0.4, 0.5) is 0 Å². The number of hydrogen-bond acceptors (Lipinski definition) is 4. The van der Waals surface area contributed by atoms with E-state index in [2.05, 4.69) is 10.5 Å². The molecule has 4 nitrogen and oxygen atoms in total. The number of hydrazone groups is 1. The highest BCUT2D eigenvalue weighted by molar-refractivity contribution is 7.91. The summed E-state index contributed by atoms with van der Waals surface area (Å²) in [6, 6.07) is 19.8. The quantitative estimate of drug-likeness (QED) is 0.628. The molecule has 2 aromatic carbocycles. The van der Waals surface area contributed by atoms with Crippen molar-refractivity contribution >= 4 is 27.7 Å². The van der Waals surface area contributed by atoms with Crippen LogP contribution >= 0.6 is 0 Å². The maximum absolute atomic E-state index is 11.6. The van der Waals surface area contributed by atoms with Crippen molar-refractivity contribution in [3.05, 3.63) is 83.9 Å². The molecule has 0 aromatic heterocycles. The van der Waals surface area contributed by atoms with Crippen molar-refractivity contribution in [2.45, 2.75) is 12.5 Å². The van der Waals surface area contributed by atoms with E-state index in [1.807, 2.05) is 85.0 Å². The summed E-state index contributed by atoms with van der Waals surface area (Å²) in [6.45, 7) is 0. The Hall–Kier alpha value is -2.66. The molecule has 0 aliphatic carbocycles. The minimum Gasteiger partial charge on any atom is -0.305 e. The first-order chi connectivity index (χ1) is 12.6. The van der Waals surface area contributed by atoms with Crippen molar-refractivity contribution in [2.75, 3.05) is 11.5 Å². The minimum absolute atomic E-state index is 0.120. The van der Waals surface area contributed by atoms with Gasteiger partial charge in [0.25, 0.3) is 0 Å². The van der Waals surface area contributed by atoms with Gasteiger partial charge in [-0.25, -0.2) is 8.42 Å². The third-order valence-corrected chi connectivity index (χ3v) is 5.87. The molecule has 1 aliphatic heterocycles. The first-order valence-electron chi connectivity index (χ1n) is 8.61. The molecule has 0 bridgehead atoms. The SMILES string of the molecule is O=S1(=O)CCC(NN=C(/C=C/c2ccccc2)/C=C/c2ccccc2)C1. The van der Waals surface area contributed by atoms with Crippen LogP contribution in [-0.2, 0) is 9.84 Å². The molecule has 0 radical (unpaired) electrons. The summed E-state index contributed by atoms with van der Waals surface area (Å²) in [5.74, 6) is 0.379. The largest absolute Gasteiger partial charge is 0.305 e. The van der Waals surface area contributed by atoms with Gasteiger partial charge in [-0.05, 0) is 29.7 Å². The van der Waals surface area contributed by atoms with Gasteiger partial charge in [0, 0.05) is 0 Å². The van der Waals surface area contributed by atoms with Crippen LogP contribution in [0.1, 0.15) is 17.5 Å². The number of nitrogens with zero attached hydrogens (tertiary/aromatic N) is 1. The summed E-state index contributed by atoms with van der Waals surface area (Å²) in [4.78, 5) is 0. The number of allylic oxidation sites excluding steroid dienone is 2. The lowest BCUT2D eigenvalue weighted by molar-refractivity contribution is 0.577. The maximum Gasteiger partial charge on any atom is 0.152 e. The van der Waals surface area contributed by atoms with E-state index in [4.69, 9.17) is 0 Å². The fourth-order valence-corrected chi connectivity index (χ4v) is 4.35. The van der Waals surface area contributed by atoms with E-state index in [1.165, 1.54) is 0 Å². The number of nitrogens with one attached hydrogen (secondary N) is 1. The van der Waals surface area contributed by atoms with E-state index in [1.54, 1.807) is 0 Å². The second kappa shape index (κ2) is 8.63. The van der Waals surface area contributed by atoms with Gasteiger partial charge >= 0.3 is 0 Å². The van der Waals surface area contributed by atoms with Crippen molar-refractivity contribution in [2.24, 2.45) is 5.10 Å². The van der Waals surface area contributed by atoms with E-state index in [-0.39, 0.29) is 17.5 Å². The molecule has 1 heterocycles. The highest BCUT2D eigenvalue weighted by Crippen LogP contribution is 2.11. The molecule has 1 N–H and O–H groups in total. The second-order valence-electron chi connectivity index (χ2n) is 6.25. The number of sulfone groups is 1. The van der Waals surface area contributed by atoms with Crippen LogP contribution in [0.15, 0.2) is 77.9 Å². The molecule has 26 heavy (non-hydrogen) atoms. The fourth-order valence-electron chi connectivity index (χ4n) is 2.68. The van der Waals surface area contributed by atoms with E-state index in [0.29, 0.717) is 6.42 Å². The van der Waals surface area contributed by atoms with E-state index in [9.17, 15) is 8.42 Å². The van der Waals surface area contributed by atoms with Crippen molar-refractivity contribution in [1.82, 2.24) is 5.43 Å². The summed E-state index contributed by atoms with van der Waals surface area (Å²) in [5, 5.41) is 4.43. The first-order valence-corrected chi connectivity index (χ1v) is 10.4. The second-order valence-corrected chi connectivity index (χ2v) is 8.48. The molecular formula is C21H22N2O2S. The molecule has 1 atom stereocenters. The Morgan fingerprint density at radius 2 is 1.46 bits per heavy atom. The molecule has 0 amide bonds. The molecule has 5 heteroatoms. The molecule has 3 rings (SSSR count). The molecule has 1 saturated heterocycles. The molecule has 1 unspecified atom stereocenters. The van der Waals surface area contributed by atoms with Gasteiger partial charge < -0.3 is 5.43 Å². The molecule has 1 aliphatic rings. The van der Waals surface area contributed by atoms with Gasteiger partial charge in [0.1, 0.15) is 0 Å². The van der Waals surface area contributed by atoms with Gasteiger partial charge in [0.05, 0.1) is 23.3 Å². The Morgan fingerprint density at radius 1 is 0.923 bits per heavy atom. The standard InChI is InChI=1S/C21H22N2O2S/c24-26(25)16-15-21(17-26)23-22-20(13-11-18-7-3-1-4-8-18)14-12-19-9-5-2-6-10-19/h1-14,21,23H,15-17H2/b13-11+,14-12+. The Morgan fingerprint density at radius 3 is 1.92 bits per heavy atom. The summed E-state index contributed by atoms with van der Waals surface area (Å²) in [6.07, 6.45) is 8.42. The lowest BCUT2D eigenvalue weighted by Gasteiger charge is -2.07. The minimum atomic E-state index is -2.92. The van der Waals surface area contributed by atoms with Gasteiger partial charge in [-0.1, -0.05) is 72.8 Å². The average molecular weight is 366 g/mol. The van der Waals surface area contributed by atoms with Gasteiger partial charge in [0.15, 0.2) is 9.84 Å². The molecule has 134 valence electrons. The van der Waals surface area contributed by atoms with Gasteiger partial charge in [-0.3, -0.25) is 0 Å². The highest BCUT2D eigenvalue weighted by atomic mass is 32.2. The molecule has 0 saturated carbocycles. The van der Waals surface area contributed by atoms with Crippen LogP contribution in [-0.4, -0.2) is 31.7 Å². The molecule has 1 fully saturated rings. The molecule has 2 aromatic rings. The topological polar surface area (TPSA) is 58.5 Å². The fraction of sp³-hybridized carbons (Fsp3) is 0.190. The maximum atomic E-state index is 11.6. The summed E-state index contributed by atoms with van der Waals surface area (Å²) in [7, 11) is -2.92. The summed E-state index contributed by atoms with van der Waals surface area (Å²) in [5.41, 5.74) is 5.91. The Kier molecular flexibility index (Phi) is 6.02. The third kappa shape index (κ3) is 5.70. The van der Waals surface area contributed by atoms with Crippen LogP contribution in [0.25, 0.3) is 12.2 Å². The van der Waals surface area contributed by atoms with Crippen LogP contribution < -0.4 is 5.43 Å². The van der Waals surface area contributed by atoms with E-state index >= 15 is 0 Å². The predicted molar refractivity (Wildman–Crippen MR) is 109 cm³/mol. The number of hydrogen-bond donors (Lipinski definition) is 1. The van der Waals surface area contributed by atoms with Crippen molar-refractivity contribution in [1.29, 1.82) is 0 Å². The molecular weight excluding hydrogens is 344 g/mol. The van der Waals surface area contributed by atoms with Gasteiger partial charge in [-0.15, -0.1) is 0 Å². The Balaban J connectivity index is 1.75. The monoisotopic (exact) mass is 366 g/mol. The van der Waals surface area contributed by atoms with E-state index < -0.39 is 9.84 Å². The number of benzene rings is 2. The summed E-state index contributed by atoms with van der Waals surface area (Å²) < 4.78 is 23.2. The number of rotatable bonds is 6. The zero-order valence-electron chi connectivity index (χ0n) is 14.5. The van der Waals surface area contributed by atoms with Gasteiger partial charge in [-0.2, -0.15) is 5.10 Å². The zero-order chi connectivity index (χ0) is 18.2. The van der Waals surface area contributed by atoms with Crippen LogP contribution in [0.3, 0.4) is 0 Å². The third-order valence-electron chi connectivity index (χ3n) is 4.10. The smallest absolute Gasteiger partial charge is 0.152 e. The summed E-state index contributed by atoms with van der Waals surface area (Å²) >= 11 is 0. The van der Waals surface area contributed by atoms with Crippen LogP contribution in [0.5, 0.6) is 0 Å². The van der Waals surface area contributed by atoms with Crippen LogP contribution in [0, 0.1) is 0 Å². The van der Waals surface area contributed by atoms with E-state index in [0.717, 1.165) is 16.8 Å². The average Bonchev–Trinajstić information content (AvgIpc) is 3.01. The normalized spacial score (nSPS) is 19.0. The van der Waals surface area contributed by atoms with Crippen LogP contribution in [0.2, 0.25) is 0 Å². The highest BCUT2D eigenvalue weighted by Gasteiger charge is 2.27. The lowest BCUT2D eigenvalue weighted by Crippen LogP contribution is -2.26. The first kappa shape index (κ1) is 18.1. The van der Waals surface area contributed by atoms with Crippen molar-refractivity contribution in [3.63, 3.8) is 0 Å². The van der Waals surface area contributed by atoms with Crippen molar-refractivity contribution in [3.8, 4) is 0 Å². The zero-order valence-corrected chi connectivity index (χ0v) is 15.3. The van der Waals surface area contributed by atoms with Crippen molar-refractivity contribution < 1.29 is 8.42 Å². The Bertz CT molecular complexity index is 850. The Labute approximate surface area is 154 Å². The molecule has 0 spiro atoms.